The highest BCUT2D eigenvalue weighted by molar-refractivity contribution is 5.90. The average molecular weight is 249 g/mol. The summed E-state index contributed by atoms with van der Waals surface area (Å²) >= 11 is 0. The van der Waals surface area contributed by atoms with Gasteiger partial charge in [-0.25, -0.2) is 4.98 Å². The van der Waals surface area contributed by atoms with Gasteiger partial charge in [0.05, 0.1) is 0 Å². The van der Waals surface area contributed by atoms with Crippen LogP contribution in [0.4, 0.5) is 0 Å². The Balaban J connectivity index is 1.67. The van der Waals surface area contributed by atoms with Gasteiger partial charge in [0, 0.05) is 19.0 Å². The lowest BCUT2D eigenvalue weighted by atomic mass is 10.1. The van der Waals surface area contributed by atoms with E-state index in [0.717, 1.165) is 44.6 Å². The molecule has 1 aliphatic carbocycles. The molecule has 98 valence electrons. The number of H-pyrrole nitrogens is 1. The molecule has 0 bridgehead atoms. The molecule has 2 fully saturated rings. The molecule has 0 unspecified atom stereocenters. The Morgan fingerprint density at radius 3 is 2.67 bits per heavy atom. The number of carbonyl (C=O) groups excluding carboxylic acids is 1. The van der Waals surface area contributed by atoms with E-state index in [4.69, 9.17) is 0 Å². The monoisotopic (exact) mass is 249 g/mol. The molecular formula is C12H19N5O. The maximum absolute atomic E-state index is 12.3. The maximum atomic E-state index is 12.3. The van der Waals surface area contributed by atoms with Gasteiger partial charge in [0.2, 0.25) is 5.82 Å². The van der Waals surface area contributed by atoms with Crippen LogP contribution in [0.1, 0.15) is 48.0 Å². The fourth-order valence-electron chi connectivity index (χ4n) is 2.43. The molecule has 0 aromatic carbocycles. The minimum absolute atomic E-state index is 0.0648. The number of nitrogens with zero attached hydrogens (tertiary/aromatic N) is 3. The third-order valence-electron chi connectivity index (χ3n) is 3.83. The van der Waals surface area contributed by atoms with Crippen molar-refractivity contribution in [2.45, 2.75) is 37.6 Å². The number of hydrogen-bond acceptors (Lipinski definition) is 4. The Kier molecular flexibility index (Phi) is 3.03. The summed E-state index contributed by atoms with van der Waals surface area (Å²) in [7, 11) is 1.85. The Labute approximate surface area is 106 Å². The van der Waals surface area contributed by atoms with Crippen LogP contribution in [-0.2, 0) is 0 Å². The van der Waals surface area contributed by atoms with Crippen LogP contribution in [0.5, 0.6) is 0 Å². The third-order valence-corrected chi connectivity index (χ3v) is 3.83. The number of rotatable bonds is 3. The van der Waals surface area contributed by atoms with Crippen molar-refractivity contribution in [2.24, 2.45) is 0 Å². The predicted molar refractivity (Wildman–Crippen MR) is 66.3 cm³/mol. The van der Waals surface area contributed by atoms with Crippen LogP contribution < -0.4 is 5.32 Å². The lowest BCUT2D eigenvalue weighted by Gasteiger charge is -2.30. The first-order valence-corrected chi connectivity index (χ1v) is 6.66. The Hall–Kier alpha value is -1.43. The van der Waals surface area contributed by atoms with Crippen molar-refractivity contribution in [1.29, 1.82) is 0 Å². The van der Waals surface area contributed by atoms with Crippen molar-refractivity contribution < 1.29 is 4.79 Å². The van der Waals surface area contributed by atoms with Gasteiger partial charge in [0.25, 0.3) is 5.91 Å². The normalized spacial score (nSPS) is 20.9. The summed E-state index contributed by atoms with van der Waals surface area (Å²) in [5.41, 5.74) is 0. The Morgan fingerprint density at radius 2 is 2.00 bits per heavy atom. The second-order valence-electron chi connectivity index (χ2n) is 5.22. The SMILES string of the molecule is CN(C(=O)c1n[nH]c(C2CC2)n1)C1CCNCC1. The van der Waals surface area contributed by atoms with Crippen LogP contribution in [0, 0.1) is 0 Å². The topological polar surface area (TPSA) is 73.9 Å². The summed E-state index contributed by atoms with van der Waals surface area (Å²) in [4.78, 5) is 18.4. The van der Waals surface area contributed by atoms with Crippen LogP contribution in [-0.4, -0.2) is 52.2 Å². The maximum Gasteiger partial charge on any atom is 0.293 e. The highest BCUT2D eigenvalue weighted by Gasteiger charge is 2.30. The van der Waals surface area contributed by atoms with E-state index < -0.39 is 0 Å². The number of carbonyl (C=O) groups is 1. The van der Waals surface area contributed by atoms with Crippen molar-refractivity contribution >= 4 is 5.91 Å². The van der Waals surface area contributed by atoms with E-state index in [0.29, 0.717) is 17.8 Å². The molecule has 1 aromatic heterocycles. The van der Waals surface area contributed by atoms with E-state index in [1.165, 1.54) is 0 Å². The largest absolute Gasteiger partial charge is 0.336 e. The average Bonchev–Trinajstić information content (AvgIpc) is 3.16. The third kappa shape index (κ3) is 2.25. The van der Waals surface area contributed by atoms with E-state index in [1.54, 1.807) is 4.90 Å². The molecular weight excluding hydrogens is 230 g/mol. The molecule has 1 aromatic rings. The van der Waals surface area contributed by atoms with Crippen molar-refractivity contribution in [3.8, 4) is 0 Å². The first-order valence-electron chi connectivity index (χ1n) is 6.66. The highest BCUT2D eigenvalue weighted by Crippen LogP contribution is 2.37. The van der Waals surface area contributed by atoms with E-state index in [2.05, 4.69) is 20.5 Å². The van der Waals surface area contributed by atoms with Crippen LogP contribution in [0.2, 0.25) is 0 Å². The quantitative estimate of drug-likeness (QED) is 0.818. The van der Waals surface area contributed by atoms with Gasteiger partial charge >= 0.3 is 0 Å². The van der Waals surface area contributed by atoms with Crippen molar-refractivity contribution in [3.63, 3.8) is 0 Å². The van der Waals surface area contributed by atoms with Gasteiger partial charge in [0.1, 0.15) is 5.82 Å². The second kappa shape index (κ2) is 4.68. The lowest BCUT2D eigenvalue weighted by molar-refractivity contribution is 0.0691. The first kappa shape index (κ1) is 11.6. The minimum Gasteiger partial charge on any atom is -0.336 e. The zero-order valence-corrected chi connectivity index (χ0v) is 10.6. The van der Waals surface area contributed by atoms with Gasteiger partial charge < -0.3 is 10.2 Å². The molecule has 1 aliphatic heterocycles. The minimum atomic E-state index is -0.0648. The van der Waals surface area contributed by atoms with Crippen LogP contribution in [0.25, 0.3) is 0 Å². The number of nitrogens with one attached hydrogen (secondary N) is 2. The molecule has 0 atom stereocenters. The first-order chi connectivity index (χ1) is 8.75. The van der Waals surface area contributed by atoms with Crippen LogP contribution >= 0.6 is 0 Å². The van der Waals surface area contributed by atoms with E-state index in [1.807, 2.05) is 7.05 Å². The second-order valence-corrected chi connectivity index (χ2v) is 5.22. The molecule has 2 heterocycles. The standard InChI is InChI=1S/C12H19N5O/c1-17(9-4-6-13-7-5-9)12(18)11-14-10(15-16-11)8-2-3-8/h8-9,13H,2-7H2,1H3,(H,14,15,16). The predicted octanol–water partition coefficient (Wildman–Crippen LogP) is 0.506. The molecule has 18 heavy (non-hydrogen) atoms. The van der Waals surface area contributed by atoms with Crippen molar-refractivity contribution in [3.05, 3.63) is 11.6 Å². The molecule has 1 saturated heterocycles. The van der Waals surface area contributed by atoms with Gasteiger partial charge in [-0.1, -0.05) is 0 Å². The zero-order chi connectivity index (χ0) is 12.5. The molecule has 2 N–H and O–H groups in total. The number of piperidine rings is 1. The van der Waals surface area contributed by atoms with E-state index >= 15 is 0 Å². The van der Waals surface area contributed by atoms with E-state index in [-0.39, 0.29) is 5.91 Å². The smallest absolute Gasteiger partial charge is 0.293 e. The van der Waals surface area contributed by atoms with Crippen molar-refractivity contribution in [2.75, 3.05) is 20.1 Å². The fraction of sp³-hybridized carbons (Fsp3) is 0.750. The number of aromatic nitrogens is 3. The molecule has 0 spiro atoms. The summed E-state index contributed by atoms with van der Waals surface area (Å²) in [5, 5.41) is 10.2. The fourth-order valence-corrected chi connectivity index (χ4v) is 2.43. The van der Waals surface area contributed by atoms with E-state index in [9.17, 15) is 4.79 Å². The van der Waals surface area contributed by atoms with Gasteiger partial charge in [-0.3, -0.25) is 9.89 Å². The van der Waals surface area contributed by atoms with Gasteiger partial charge in [-0.15, -0.1) is 5.10 Å². The summed E-state index contributed by atoms with van der Waals surface area (Å²) in [5.74, 6) is 1.63. The molecule has 1 saturated carbocycles. The zero-order valence-electron chi connectivity index (χ0n) is 10.6. The Bertz CT molecular complexity index is 433. The number of aromatic amines is 1. The Morgan fingerprint density at radius 1 is 1.28 bits per heavy atom. The molecule has 6 heteroatoms. The summed E-state index contributed by atoms with van der Waals surface area (Å²) in [6.45, 7) is 1.95. The molecule has 0 radical (unpaired) electrons. The number of hydrogen-bond donors (Lipinski definition) is 2. The van der Waals surface area contributed by atoms with Gasteiger partial charge in [0.15, 0.2) is 0 Å². The molecule has 3 rings (SSSR count). The lowest BCUT2D eigenvalue weighted by Crippen LogP contribution is -2.44. The van der Waals surface area contributed by atoms with Gasteiger partial charge in [-0.2, -0.15) is 0 Å². The molecule has 2 aliphatic rings. The molecule has 6 nitrogen and oxygen atoms in total. The van der Waals surface area contributed by atoms with Crippen molar-refractivity contribution in [1.82, 2.24) is 25.4 Å². The summed E-state index contributed by atoms with van der Waals surface area (Å²) < 4.78 is 0. The summed E-state index contributed by atoms with van der Waals surface area (Å²) in [6, 6.07) is 0.307. The molecule has 1 amide bonds. The highest BCUT2D eigenvalue weighted by atomic mass is 16.2. The van der Waals surface area contributed by atoms with Crippen LogP contribution in [0.3, 0.4) is 0 Å². The summed E-state index contributed by atoms with van der Waals surface area (Å²) in [6.07, 6.45) is 4.32. The number of amides is 1. The van der Waals surface area contributed by atoms with Crippen LogP contribution in [0.15, 0.2) is 0 Å². The van der Waals surface area contributed by atoms with Gasteiger partial charge in [-0.05, 0) is 38.8 Å².